The van der Waals surface area contributed by atoms with Gasteiger partial charge in [0, 0.05) is 17.1 Å². The number of aliphatic hydroxyl groups is 5. The van der Waals surface area contributed by atoms with Crippen molar-refractivity contribution in [2.45, 2.75) is 127 Å². The molecule has 4 aliphatic carbocycles. The summed E-state index contributed by atoms with van der Waals surface area (Å²) in [6, 6.07) is 0. The summed E-state index contributed by atoms with van der Waals surface area (Å²) in [5, 5.41) is 54.9. The van der Waals surface area contributed by atoms with Gasteiger partial charge in [-0.05, 0) is 87.9 Å². The first kappa shape index (κ1) is 27.1. The van der Waals surface area contributed by atoms with Gasteiger partial charge in [0.05, 0.1) is 23.4 Å². The van der Waals surface area contributed by atoms with Crippen LogP contribution in [0.15, 0.2) is 11.6 Å². The van der Waals surface area contributed by atoms with Gasteiger partial charge < -0.3 is 39.7 Å². The van der Waals surface area contributed by atoms with E-state index in [1.165, 1.54) is 6.08 Å². The summed E-state index contributed by atoms with van der Waals surface area (Å²) in [5.74, 6) is 0.382. The van der Waals surface area contributed by atoms with Crippen LogP contribution in [-0.4, -0.2) is 86.1 Å². The summed E-state index contributed by atoms with van der Waals surface area (Å²) < 4.78 is 17.0. The van der Waals surface area contributed by atoms with Crippen molar-refractivity contribution in [3.8, 4) is 0 Å². The molecule has 1 saturated heterocycles. The lowest BCUT2D eigenvalue weighted by molar-refractivity contribution is -0.310. The lowest BCUT2D eigenvalue weighted by atomic mass is 9.42. The van der Waals surface area contributed by atoms with E-state index < -0.39 is 53.3 Å². The Kier molecular flexibility index (Phi) is 6.40. The monoisotopic (exact) mass is 536 g/mol. The van der Waals surface area contributed by atoms with Crippen LogP contribution in [0.3, 0.4) is 0 Å². The van der Waals surface area contributed by atoms with E-state index in [2.05, 4.69) is 6.92 Å². The summed E-state index contributed by atoms with van der Waals surface area (Å²) in [6.45, 7) is 6.14. The average molecular weight is 537 g/mol. The number of carbonyl (C=O) groups is 1. The Labute approximate surface area is 224 Å². The van der Waals surface area contributed by atoms with Gasteiger partial charge in [-0.1, -0.05) is 13.8 Å². The SMILES string of the molecule is CC1OC(OC2CCC3(C)C(CCC4C3CCC3(C)C(O)(C5=CC(=O)OC5)CCC43O)C2)C(O)C(O)C1O. The second-order valence-corrected chi connectivity index (χ2v) is 13.6. The first-order valence-corrected chi connectivity index (χ1v) is 14.5. The molecule has 13 unspecified atom stereocenters. The van der Waals surface area contributed by atoms with Crippen LogP contribution in [0.4, 0.5) is 0 Å². The van der Waals surface area contributed by atoms with Crippen molar-refractivity contribution in [2.75, 3.05) is 6.61 Å². The smallest absolute Gasteiger partial charge is 0.331 e. The van der Waals surface area contributed by atoms with Crippen molar-refractivity contribution in [3.63, 3.8) is 0 Å². The molecule has 0 aromatic rings. The minimum absolute atomic E-state index is 0.0291. The number of esters is 1. The maximum Gasteiger partial charge on any atom is 0.331 e. The molecular formula is C29H44O9. The van der Waals surface area contributed by atoms with Crippen LogP contribution in [0, 0.1) is 28.6 Å². The van der Waals surface area contributed by atoms with Gasteiger partial charge >= 0.3 is 5.97 Å². The highest BCUT2D eigenvalue weighted by Gasteiger charge is 2.72. The fraction of sp³-hybridized carbons (Fsp3) is 0.897. The zero-order valence-corrected chi connectivity index (χ0v) is 22.7. The van der Waals surface area contributed by atoms with Crippen molar-refractivity contribution >= 4 is 5.97 Å². The molecule has 0 spiro atoms. The van der Waals surface area contributed by atoms with Crippen LogP contribution in [0.5, 0.6) is 0 Å². The predicted molar refractivity (Wildman–Crippen MR) is 134 cm³/mol. The van der Waals surface area contributed by atoms with E-state index in [-0.39, 0.29) is 24.0 Å². The molecule has 9 nitrogen and oxygen atoms in total. The van der Waals surface area contributed by atoms with Crippen LogP contribution in [0.1, 0.15) is 78.6 Å². The van der Waals surface area contributed by atoms with E-state index in [0.29, 0.717) is 36.7 Å². The first-order chi connectivity index (χ1) is 17.8. The van der Waals surface area contributed by atoms with Crippen molar-refractivity contribution in [3.05, 3.63) is 11.6 Å². The van der Waals surface area contributed by atoms with Crippen molar-refractivity contribution in [2.24, 2.45) is 28.6 Å². The molecule has 0 amide bonds. The van der Waals surface area contributed by atoms with E-state index in [1.54, 1.807) is 6.92 Å². The maximum absolute atomic E-state index is 12.4. The van der Waals surface area contributed by atoms with Crippen LogP contribution in [0.2, 0.25) is 0 Å². The van der Waals surface area contributed by atoms with E-state index >= 15 is 0 Å². The van der Waals surface area contributed by atoms with Gasteiger partial charge in [0.15, 0.2) is 6.29 Å². The number of aliphatic hydroxyl groups excluding tert-OH is 3. The van der Waals surface area contributed by atoms with Crippen molar-refractivity contribution in [1.29, 1.82) is 0 Å². The van der Waals surface area contributed by atoms with Crippen LogP contribution < -0.4 is 0 Å². The Morgan fingerprint density at radius 2 is 1.68 bits per heavy atom. The maximum atomic E-state index is 12.4. The highest BCUT2D eigenvalue weighted by molar-refractivity contribution is 5.86. The standard InChI is InChI=1S/C29H44O9/c1-15-22(31)23(32)24(33)25(37-15)38-18-6-8-26(2)16(12-18)4-5-20-19(26)7-9-27(3)28(34,10-11-29(20,27)35)17-13-21(30)36-14-17/h13,15-16,18-20,22-25,31-35H,4-12,14H2,1-3H3. The third kappa shape index (κ3) is 3.58. The lowest BCUT2D eigenvalue weighted by Gasteiger charge is -2.64. The minimum atomic E-state index is -1.31. The molecule has 9 heteroatoms. The molecule has 6 rings (SSSR count). The van der Waals surface area contributed by atoms with Gasteiger partial charge in [-0.25, -0.2) is 4.79 Å². The molecule has 4 saturated carbocycles. The number of hydrogen-bond acceptors (Lipinski definition) is 9. The van der Waals surface area contributed by atoms with E-state index in [1.807, 2.05) is 6.92 Å². The Hall–Kier alpha value is -1.07. The van der Waals surface area contributed by atoms with Crippen molar-refractivity contribution in [1.82, 2.24) is 0 Å². The van der Waals surface area contributed by atoms with Gasteiger partial charge in [-0.3, -0.25) is 0 Å². The summed E-state index contributed by atoms with van der Waals surface area (Å²) in [5.41, 5.74) is -2.34. The summed E-state index contributed by atoms with van der Waals surface area (Å²) >= 11 is 0. The molecule has 0 bridgehead atoms. The summed E-state index contributed by atoms with van der Waals surface area (Å²) in [7, 11) is 0. The van der Waals surface area contributed by atoms with Crippen LogP contribution in [-0.2, 0) is 19.0 Å². The Balaban J connectivity index is 1.18. The second kappa shape index (κ2) is 8.96. The van der Waals surface area contributed by atoms with Crippen LogP contribution in [0.25, 0.3) is 0 Å². The quantitative estimate of drug-likeness (QED) is 0.268. The van der Waals surface area contributed by atoms with Gasteiger partial charge in [0.25, 0.3) is 0 Å². The summed E-state index contributed by atoms with van der Waals surface area (Å²) in [6.07, 6.45) is 2.89. The molecule has 6 aliphatic rings. The molecule has 13 atom stereocenters. The van der Waals surface area contributed by atoms with Crippen molar-refractivity contribution < 1.29 is 44.5 Å². The molecular weight excluding hydrogens is 492 g/mol. The predicted octanol–water partition coefficient (Wildman–Crippen LogP) is 1.57. The number of rotatable bonds is 3. The normalized spacial score (nSPS) is 56.5. The van der Waals surface area contributed by atoms with Gasteiger partial charge in [0.1, 0.15) is 24.9 Å². The zero-order valence-electron chi connectivity index (χ0n) is 22.7. The average Bonchev–Trinajstić information content (AvgIpc) is 3.41. The first-order valence-electron chi connectivity index (χ1n) is 14.5. The molecule has 2 heterocycles. The topological polar surface area (TPSA) is 146 Å². The number of ether oxygens (including phenoxy) is 3. The molecule has 5 fully saturated rings. The highest BCUT2D eigenvalue weighted by Crippen LogP contribution is 2.71. The van der Waals surface area contributed by atoms with Gasteiger partial charge in [-0.15, -0.1) is 0 Å². The fourth-order valence-corrected chi connectivity index (χ4v) is 9.77. The molecule has 214 valence electrons. The number of carbonyl (C=O) groups excluding carboxylic acids is 1. The van der Waals surface area contributed by atoms with E-state index in [9.17, 15) is 30.3 Å². The van der Waals surface area contributed by atoms with Gasteiger partial charge in [0.2, 0.25) is 0 Å². The largest absolute Gasteiger partial charge is 0.458 e. The van der Waals surface area contributed by atoms with Gasteiger partial charge in [-0.2, -0.15) is 0 Å². The fourth-order valence-electron chi connectivity index (χ4n) is 9.77. The molecule has 0 aromatic heterocycles. The number of hydrogen-bond donors (Lipinski definition) is 5. The zero-order chi connectivity index (χ0) is 27.3. The molecule has 5 N–H and O–H groups in total. The Morgan fingerprint density at radius 3 is 2.39 bits per heavy atom. The molecule has 0 radical (unpaired) electrons. The summed E-state index contributed by atoms with van der Waals surface area (Å²) in [4.78, 5) is 11.8. The second-order valence-electron chi connectivity index (χ2n) is 13.6. The van der Waals surface area contributed by atoms with Crippen LogP contribution >= 0.6 is 0 Å². The third-order valence-corrected chi connectivity index (χ3v) is 12.3. The van der Waals surface area contributed by atoms with E-state index in [0.717, 1.165) is 38.5 Å². The molecule has 2 aliphatic heterocycles. The minimum Gasteiger partial charge on any atom is -0.458 e. The Bertz CT molecular complexity index is 1000. The highest BCUT2D eigenvalue weighted by atomic mass is 16.7. The number of cyclic esters (lactones) is 1. The third-order valence-electron chi connectivity index (χ3n) is 12.3. The number of fused-ring (bicyclic) bond motifs is 5. The molecule has 0 aromatic carbocycles. The van der Waals surface area contributed by atoms with E-state index in [4.69, 9.17) is 14.2 Å². The molecule has 38 heavy (non-hydrogen) atoms. The lowest BCUT2D eigenvalue weighted by Crippen LogP contribution is -2.65. The Morgan fingerprint density at radius 1 is 0.921 bits per heavy atom.